The smallest absolute Gasteiger partial charge is 0.227 e. The number of hydrogen-bond acceptors (Lipinski definition) is 3. The van der Waals surface area contributed by atoms with Gasteiger partial charge in [0.1, 0.15) is 0 Å². The van der Waals surface area contributed by atoms with Crippen molar-refractivity contribution in [1.29, 1.82) is 0 Å². The van der Waals surface area contributed by atoms with E-state index >= 15 is 0 Å². The summed E-state index contributed by atoms with van der Waals surface area (Å²) in [5, 5.41) is 3.12. The van der Waals surface area contributed by atoms with Crippen molar-refractivity contribution in [1.82, 2.24) is 5.32 Å². The highest BCUT2D eigenvalue weighted by atomic mass is 16.1. The van der Waals surface area contributed by atoms with Gasteiger partial charge >= 0.3 is 0 Å². The Kier molecular flexibility index (Phi) is 2.81. The van der Waals surface area contributed by atoms with E-state index in [1.54, 1.807) is 0 Å². The summed E-state index contributed by atoms with van der Waals surface area (Å²) in [6.45, 7) is 2.80. The monoisotopic (exact) mass is 202 g/mol. The van der Waals surface area contributed by atoms with Crippen LogP contribution in [-0.2, 0) is 0 Å². The van der Waals surface area contributed by atoms with E-state index in [1.165, 1.54) is 0 Å². The van der Waals surface area contributed by atoms with Crippen LogP contribution in [0.15, 0.2) is 35.3 Å². The van der Waals surface area contributed by atoms with Crippen LogP contribution in [0.2, 0.25) is 0 Å². The molecule has 0 amide bonds. The van der Waals surface area contributed by atoms with E-state index in [2.05, 4.69) is 17.2 Å². The zero-order valence-electron chi connectivity index (χ0n) is 8.73. The molecule has 1 heterocycles. The number of Topliss-reactive ketones (excluding diaryl/α,β-unsaturated/α-hetero) is 1. The third-order valence-corrected chi connectivity index (χ3v) is 2.47. The highest BCUT2D eigenvalue weighted by molar-refractivity contribution is 6.45. The molecule has 1 atom stereocenters. The van der Waals surface area contributed by atoms with Crippen LogP contribution in [-0.4, -0.2) is 24.2 Å². The maximum Gasteiger partial charge on any atom is 0.227 e. The Morgan fingerprint density at radius 2 is 2.13 bits per heavy atom. The number of hydrogen-bond donors (Lipinski definition) is 1. The summed E-state index contributed by atoms with van der Waals surface area (Å²) in [5.74, 6) is 0.488. The molecule has 1 aromatic carbocycles. The van der Waals surface area contributed by atoms with Crippen LogP contribution in [0.25, 0.3) is 0 Å². The number of rotatable bonds is 2. The lowest BCUT2D eigenvalue weighted by Gasteiger charge is -2.20. The van der Waals surface area contributed by atoms with Crippen LogP contribution in [0.3, 0.4) is 0 Å². The predicted octanol–water partition coefficient (Wildman–Crippen LogP) is 1.65. The second-order valence-electron chi connectivity index (χ2n) is 3.76. The van der Waals surface area contributed by atoms with E-state index in [0.717, 1.165) is 13.0 Å². The third-order valence-electron chi connectivity index (χ3n) is 2.47. The van der Waals surface area contributed by atoms with Gasteiger partial charge < -0.3 is 5.32 Å². The van der Waals surface area contributed by atoms with Gasteiger partial charge in [-0.1, -0.05) is 30.3 Å². The lowest BCUT2D eigenvalue weighted by molar-refractivity contribution is 0.106. The molecule has 1 aromatic rings. The lowest BCUT2D eigenvalue weighted by Crippen LogP contribution is -2.41. The molecule has 1 unspecified atom stereocenters. The molecule has 1 N–H and O–H groups in total. The zero-order chi connectivity index (χ0) is 10.7. The highest BCUT2D eigenvalue weighted by Gasteiger charge is 2.18. The summed E-state index contributed by atoms with van der Waals surface area (Å²) < 4.78 is 0. The molecule has 0 bridgehead atoms. The van der Waals surface area contributed by atoms with Gasteiger partial charge in [0.15, 0.2) is 5.84 Å². The van der Waals surface area contributed by atoms with E-state index in [0.29, 0.717) is 17.4 Å². The van der Waals surface area contributed by atoms with Crippen molar-refractivity contribution in [3.05, 3.63) is 35.9 Å². The highest BCUT2D eigenvalue weighted by Crippen LogP contribution is 2.05. The maximum absolute atomic E-state index is 12.0. The first-order valence-corrected chi connectivity index (χ1v) is 5.18. The number of carbonyl (C=O) groups is 1. The van der Waals surface area contributed by atoms with Gasteiger partial charge in [-0.2, -0.15) is 0 Å². The normalized spacial score (nSPS) is 20.3. The summed E-state index contributed by atoms with van der Waals surface area (Å²) in [6.07, 6.45) is 0.992. The molecule has 2 rings (SSSR count). The molecule has 0 fully saturated rings. The molecule has 1 aliphatic rings. The van der Waals surface area contributed by atoms with Crippen molar-refractivity contribution in [2.24, 2.45) is 4.99 Å². The molecule has 3 nitrogen and oxygen atoms in total. The van der Waals surface area contributed by atoms with Crippen LogP contribution in [0.1, 0.15) is 23.7 Å². The minimum absolute atomic E-state index is 0.0119. The van der Waals surface area contributed by atoms with Gasteiger partial charge in [-0.05, 0) is 13.3 Å². The maximum atomic E-state index is 12.0. The van der Waals surface area contributed by atoms with E-state index in [1.807, 2.05) is 30.3 Å². The molecule has 78 valence electrons. The Morgan fingerprint density at radius 3 is 2.80 bits per heavy atom. The summed E-state index contributed by atoms with van der Waals surface area (Å²) in [6, 6.07) is 9.58. The first-order valence-electron chi connectivity index (χ1n) is 5.18. The number of aliphatic imine (C=N–C) groups is 1. The Bertz CT molecular complexity index is 384. The van der Waals surface area contributed by atoms with Gasteiger partial charge in [0.05, 0.1) is 0 Å². The van der Waals surface area contributed by atoms with Crippen molar-refractivity contribution in [3.63, 3.8) is 0 Å². The first kappa shape index (κ1) is 9.90. The first-order chi connectivity index (χ1) is 7.27. The van der Waals surface area contributed by atoms with Crippen molar-refractivity contribution >= 4 is 11.6 Å². The zero-order valence-corrected chi connectivity index (χ0v) is 8.73. The third kappa shape index (κ3) is 2.24. The molecule has 3 heteroatoms. The largest absolute Gasteiger partial charge is 0.365 e. The number of amidine groups is 1. The van der Waals surface area contributed by atoms with Crippen molar-refractivity contribution in [2.75, 3.05) is 6.54 Å². The molecule has 0 radical (unpaired) electrons. The molecule has 1 aliphatic heterocycles. The van der Waals surface area contributed by atoms with Gasteiger partial charge in [0.2, 0.25) is 5.78 Å². The van der Waals surface area contributed by atoms with E-state index < -0.39 is 0 Å². The summed E-state index contributed by atoms with van der Waals surface area (Å²) in [4.78, 5) is 16.2. The standard InChI is InChI=1S/C12H14N2O/c1-9-7-8-13-12(14-9)11(15)10-5-3-2-4-6-10/h2-6,9H,7-8H2,1H3,(H,13,14). The lowest BCUT2D eigenvalue weighted by atomic mass is 10.1. The van der Waals surface area contributed by atoms with Crippen molar-refractivity contribution < 1.29 is 4.79 Å². The van der Waals surface area contributed by atoms with Crippen LogP contribution in [0.4, 0.5) is 0 Å². The second-order valence-corrected chi connectivity index (χ2v) is 3.76. The number of nitrogens with one attached hydrogen (secondary N) is 1. The molecule has 0 aliphatic carbocycles. The van der Waals surface area contributed by atoms with Gasteiger partial charge in [0.25, 0.3) is 0 Å². The van der Waals surface area contributed by atoms with Gasteiger partial charge in [0, 0.05) is 18.2 Å². The Morgan fingerprint density at radius 1 is 1.40 bits per heavy atom. The molecular formula is C12H14N2O. The molecule has 0 saturated carbocycles. The molecule has 15 heavy (non-hydrogen) atoms. The predicted molar refractivity (Wildman–Crippen MR) is 60.3 cm³/mol. The molecule has 0 spiro atoms. The number of ketones is 1. The van der Waals surface area contributed by atoms with Crippen molar-refractivity contribution in [3.8, 4) is 0 Å². The fraction of sp³-hybridized carbons (Fsp3) is 0.333. The van der Waals surface area contributed by atoms with Crippen LogP contribution in [0.5, 0.6) is 0 Å². The second kappa shape index (κ2) is 4.26. The minimum atomic E-state index is -0.0119. The molecule has 0 aromatic heterocycles. The Balaban J connectivity index is 2.18. The fourth-order valence-electron chi connectivity index (χ4n) is 1.58. The Hall–Kier alpha value is -1.64. The quantitative estimate of drug-likeness (QED) is 0.741. The molecular weight excluding hydrogens is 188 g/mol. The summed E-state index contributed by atoms with van der Waals surface area (Å²) >= 11 is 0. The van der Waals surface area contributed by atoms with E-state index in [4.69, 9.17) is 0 Å². The SMILES string of the molecule is CC1CCN=C(C(=O)c2ccccc2)N1. The topological polar surface area (TPSA) is 41.5 Å². The minimum Gasteiger partial charge on any atom is -0.365 e. The number of benzene rings is 1. The number of nitrogens with zero attached hydrogens (tertiary/aromatic N) is 1. The fourth-order valence-corrected chi connectivity index (χ4v) is 1.58. The van der Waals surface area contributed by atoms with Crippen LogP contribution in [0, 0.1) is 0 Å². The van der Waals surface area contributed by atoms with Crippen LogP contribution >= 0.6 is 0 Å². The summed E-state index contributed by atoms with van der Waals surface area (Å²) in [7, 11) is 0. The Labute approximate surface area is 89.2 Å². The molecule has 0 saturated heterocycles. The van der Waals surface area contributed by atoms with Gasteiger partial charge in [-0.15, -0.1) is 0 Å². The van der Waals surface area contributed by atoms with Gasteiger partial charge in [-0.3, -0.25) is 9.79 Å². The van der Waals surface area contributed by atoms with Crippen LogP contribution < -0.4 is 5.32 Å². The van der Waals surface area contributed by atoms with Crippen molar-refractivity contribution in [2.45, 2.75) is 19.4 Å². The number of carbonyl (C=O) groups excluding carboxylic acids is 1. The average Bonchev–Trinajstić information content (AvgIpc) is 2.29. The average molecular weight is 202 g/mol. The summed E-state index contributed by atoms with van der Waals surface area (Å²) in [5.41, 5.74) is 0.692. The van der Waals surface area contributed by atoms with E-state index in [9.17, 15) is 4.79 Å². The van der Waals surface area contributed by atoms with E-state index in [-0.39, 0.29) is 5.78 Å². The van der Waals surface area contributed by atoms with Gasteiger partial charge in [-0.25, -0.2) is 0 Å².